The van der Waals surface area contributed by atoms with Gasteiger partial charge in [0.1, 0.15) is 0 Å². The lowest BCUT2D eigenvalue weighted by Gasteiger charge is -2.15. The fourth-order valence-electron chi connectivity index (χ4n) is 1.48. The van der Waals surface area contributed by atoms with E-state index in [1.807, 2.05) is 0 Å². The SMILES string of the molecule is COC(=O)c1ccc(C(N)=O)c(OS(=O)(=O)C(F)(F)F)c1C. The van der Waals surface area contributed by atoms with Crippen LogP contribution in [0.3, 0.4) is 0 Å². The van der Waals surface area contributed by atoms with E-state index in [0.29, 0.717) is 0 Å². The van der Waals surface area contributed by atoms with Crippen molar-refractivity contribution in [2.75, 3.05) is 7.11 Å². The number of methoxy groups -OCH3 is 1. The standard InChI is InChI=1S/C11H10F3NO6S/c1-5-6(10(17)20-2)3-4-7(9(15)16)8(5)21-22(18,19)11(12,13)14/h3-4H,1-2H3,(H2,15,16). The van der Waals surface area contributed by atoms with Gasteiger partial charge in [0.25, 0.3) is 5.91 Å². The van der Waals surface area contributed by atoms with E-state index in [2.05, 4.69) is 8.92 Å². The number of alkyl halides is 3. The summed E-state index contributed by atoms with van der Waals surface area (Å²) >= 11 is 0. The van der Waals surface area contributed by atoms with Crippen LogP contribution >= 0.6 is 0 Å². The average Bonchev–Trinajstić information content (AvgIpc) is 2.38. The van der Waals surface area contributed by atoms with Crippen molar-refractivity contribution in [3.63, 3.8) is 0 Å². The van der Waals surface area contributed by atoms with E-state index in [1.165, 1.54) is 0 Å². The number of hydrogen-bond acceptors (Lipinski definition) is 6. The second-order valence-electron chi connectivity index (χ2n) is 3.95. The first-order valence-electron chi connectivity index (χ1n) is 5.45. The molecule has 0 unspecified atom stereocenters. The summed E-state index contributed by atoms with van der Waals surface area (Å²) < 4.78 is 67.7. The number of benzene rings is 1. The zero-order valence-electron chi connectivity index (χ0n) is 11.2. The molecule has 1 aromatic carbocycles. The number of primary amides is 1. The van der Waals surface area contributed by atoms with Crippen LogP contribution in [-0.2, 0) is 14.9 Å². The van der Waals surface area contributed by atoms with Crippen molar-refractivity contribution in [1.82, 2.24) is 0 Å². The largest absolute Gasteiger partial charge is 0.534 e. The van der Waals surface area contributed by atoms with Gasteiger partial charge < -0.3 is 14.7 Å². The molecule has 0 saturated carbocycles. The smallest absolute Gasteiger partial charge is 0.465 e. The fourth-order valence-corrected chi connectivity index (χ4v) is 2.01. The molecule has 0 radical (unpaired) electrons. The van der Waals surface area contributed by atoms with Crippen LogP contribution in [-0.4, -0.2) is 32.9 Å². The zero-order chi connectivity index (χ0) is 17.3. The summed E-state index contributed by atoms with van der Waals surface area (Å²) in [5.41, 5.74) is -2.00. The van der Waals surface area contributed by atoms with E-state index in [-0.39, 0.29) is 11.1 Å². The maximum Gasteiger partial charge on any atom is 0.534 e. The highest BCUT2D eigenvalue weighted by Crippen LogP contribution is 2.33. The average molecular weight is 341 g/mol. The molecule has 0 heterocycles. The van der Waals surface area contributed by atoms with Gasteiger partial charge in [-0.15, -0.1) is 0 Å². The molecule has 0 fully saturated rings. The summed E-state index contributed by atoms with van der Waals surface area (Å²) in [7, 11) is -5.03. The van der Waals surface area contributed by atoms with Gasteiger partial charge in [-0.05, 0) is 19.1 Å². The molecule has 0 aromatic heterocycles. The Labute approximate surface area is 122 Å². The van der Waals surface area contributed by atoms with Crippen LogP contribution in [0.25, 0.3) is 0 Å². The minimum Gasteiger partial charge on any atom is -0.465 e. The molecule has 22 heavy (non-hydrogen) atoms. The highest BCUT2D eigenvalue weighted by atomic mass is 32.2. The van der Waals surface area contributed by atoms with E-state index < -0.39 is 38.8 Å². The Balaban J connectivity index is 3.56. The van der Waals surface area contributed by atoms with E-state index in [4.69, 9.17) is 5.73 Å². The number of rotatable bonds is 4. The molecule has 0 spiro atoms. The third-order valence-electron chi connectivity index (χ3n) is 2.55. The number of carbonyl (C=O) groups excluding carboxylic acids is 2. The molecule has 0 aliphatic rings. The Morgan fingerprint density at radius 2 is 1.68 bits per heavy atom. The van der Waals surface area contributed by atoms with Crippen molar-refractivity contribution in [2.45, 2.75) is 12.4 Å². The number of ether oxygens (including phenoxy) is 1. The maximum absolute atomic E-state index is 12.4. The van der Waals surface area contributed by atoms with Gasteiger partial charge in [-0.3, -0.25) is 4.79 Å². The predicted octanol–water partition coefficient (Wildman–Crippen LogP) is 1.11. The number of hydrogen-bond donors (Lipinski definition) is 1. The van der Waals surface area contributed by atoms with Gasteiger partial charge in [0.2, 0.25) is 0 Å². The summed E-state index contributed by atoms with van der Waals surface area (Å²) in [5, 5.41) is 0. The molecule has 1 amide bonds. The number of halogens is 3. The van der Waals surface area contributed by atoms with E-state index >= 15 is 0 Å². The first-order chi connectivity index (χ1) is 9.92. The van der Waals surface area contributed by atoms with Crippen molar-refractivity contribution in [2.24, 2.45) is 5.73 Å². The Kier molecular flexibility index (Phi) is 4.70. The van der Waals surface area contributed by atoms with Crippen molar-refractivity contribution < 1.29 is 40.1 Å². The van der Waals surface area contributed by atoms with E-state index in [9.17, 15) is 31.2 Å². The number of carbonyl (C=O) groups is 2. The van der Waals surface area contributed by atoms with Crippen LogP contribution < -0.4 is 9.92 Å². The first-order valence-corrected chi connectivity index (χ1v) is 6.85. The Morgan fingerprint density at radius 1 is 1.18 bits per heavy atom. The Bertz CT molecular complexity index is 726. The van der Waals surface area contributed by atoms with Crippen LogP contribution in [0.4, 0.5) is 13.2 Å². The number of amides is 1. The van der Waals surface area contributed by atoms with Crippen molar-refractivity contribution >= 4 is 22.0 Å². The molecular weight excluding hydrogens is 331 g/mol. The van der Waals surface area contributed by atoms with Crippen molar-refractivity contribution in [1.29, 1.82) is 0 Å². The van der Waals surface area contributed by atoms with Gasteiger partial charge in [0.15, 0.2) is 5.75 Å². The summed E-state index contributed by atoms with van der Waals surface area (Å²) in [6.45, 7) is 1.08. The first kappa shape index (κ1) is 17.8. The highest BCUT2D eigenvalue weighted by Gasteiger charge is 2.49. The van der Waals surface area contributed by atoms with Gasteiger partial charge in [-0.1, -0.05) is 0 Å². The van der Waals surface area contributed by atoms with Gasteiger partial charge in [0, 0.05) is 5.56 Å². The molecule has 11 heteroatoms. The lowest BCUT2D eigenvalue weighted by Crippen LogP contribution is -2.29. The van der Waals surface area contributed by atoms with E-state index in [1.54, 1.807) is 0 Å². The lowest BCUT2D eigenvalue weighted by atomic mass is 10.0. The van der Waals surface area contributed by atoms with Crippen LogP contribution in [0, 0.1) is 6.92 Å². The van der Waals surface area contributed by atoms with Crippen LogP contribution in [0.1, 0.15) is 26.3 Å². The van der Waals surface area contributed by atoms with Gasteiger partial charge >= 0.3 is 21.6 Å². The summed E-state index contributed by atoms with van der Waals surface area (Å²) in [6, 6.07) is 1.91. The molecule has 122 valence electrons. The van der Waals surface area contributed by atoms with Crippen LogP contribution in [0.5, 0.6) is 5.75 Å². The monoisotopic (exact) mass is 341 g/mol. The van der Waals surface area contributed by atoms with Gasteiger partial charge in [-0.2, -0.15) is 21.6 Å². The fraction of sp³-hybridized carbons (Fsp3) is 0.273. The highest BCUT2D eigenvalue weighted by molar-refractivity contribution is 7.88. The Hall–Kier alpha value is -2.30. The second kappa shape index (κ2) is 5.83. The third kappa shape index (κ3) is 3.30. The molecule has 1 rings (SSSR count). The van der Waals surface area contributed by atoms with Gasteiger partial charge in [-0.25, -0.2) is 4.79 Å². The molecule has 7 nitrogen and oxygen atoms in total. The van der Waals surface area contributed by atoms with Crippen molar-refractivity contribution in [3.8, 4) is 5.75 Å². The molecular formula is C11H10F3NO6S. The second-order valence-corrected chi connectivity index (χ2v) is 5.49. The molecule has 0 aliphatic heterocycles. The summed E-state index contributed by atoms with van der Waals surface area (Å²) in [5.74, 6) is -3.16. The van der Waals surface area contributed by atoms with E-state index in [0.717, 1.165) is 26.2 Å². The molecule has 0 bridgehead atoms. The quantitative estimate of drug-likeness (QED) is 0.499. The minimum atomic E-state index is -6.04. The lowest BCUT2D eigenvalue weighted by molar-refractivity contribution is -0.0500. The summed E-state index contributed by atoms with van der Waals surface area (Å²) in [6.07, 6.45) is 0. The van der Waals surface area contributed by atoms with Crippen LogP contribution in [0.15, 0.2) is 12.1 Å². The molecule has 1 aromatic rings. The molecule has 0 atom stereocenters. The number of esters is 1. The minimum absolute atomic E-state index is 0.278. The molecule has 2 N–H and O–H groups in total. The number of nitrogens with two attached hydrogens (primary N) is 1. The normalized spacial score (nSPS) is 11.9. The summed E-state index contributed by atoms with van der Waals surface area (Å²) in [4.78, 5) is 22.7. The molecule has 0 aliphatic carbocycles. The Morgan fingerprint density at radius 3 is 2.09 bits per heavy atom. The predicted molar refractivity (Wildman–Crippen MR) is 66.6 cm³/mol. The van der Waals surface area contributed by atoms with Crippen LogP contribution in [0.2, 0.25) is 0 Å². The maximum atomic E-state index is 12.4. The van der Waals surface area contributed by atoms with Gasteiger partial charge in [0.05, 0.1) is 18.2 Å². The third-order valence-corrected chi connectivity index (χ3v) is 3.51. The zero-order valence-corrected chi connectivity index (χ0v) is 12.0. The topological polar surface area (TPSA) is 113 Å². The van der Waals surface area contributed by atoms with Crippen molar-refractivity contribution in [3.05, 3.63) is 28.8 Å². The molecule has 0 saturated heterocycles.